The van der Waals surface area contributed by atoms with Gasteiger partial charge in [0.1, 0.15) is 5.56 Å². The number of aromatic nitrogens is 4. The van der Waals surface area contributed by atoms with E-state index in [1.165, 1.54) is 10.8 Å². The minimum Gasteiger partial charge on any atom is -0.339 e. The number of nitrogens with zero attached hydrogens (tertiary/aromatic N) is 3. The zero-order valence-corrected chi connectivity index (χ0v) is 14.9. The Balaban J connectivity index is 1.66. The molecule has 0 aliphatic heterocycles. The number of aromatic amines is 1. The molecule has 1 aliphatic rings. The van der Waals surface area contributed by atoms with Crippen molar-refractivity contribution in [3.05, 3.63) is 67.8 Å². The molecule has 1 N–H and O–H groups in total. The maximum Gasteiger partial charge on any atom is 0.328 e. The fourth-order valence-corrected chi connectivity index (χ4v) is 3.62. The number of hydrogen-bond acceptors (Lipinski definition) is 5. The number of aryl methyl sites for hydroxylation is 1. The van der Waals surface area contributed by atoms with Gasteiger partial charge in [-0.1, -0.05) is 35.0 Å². The Morgan fingerprint density at radius 2 is 2.04 bits per heavy atom. The van der Waals surface area contributed by atoms with E-state index in [2.05, 4.69) is 15.1 Å². The Morgan fingerprint density at radius 1 is 1.27 bits per heavy atom. The van der Waals surface area contributed by atoms with Gasteiger partial charge in [-0.3, -0.25) is 9.78 Å². The largest absolute Gasteiger partial charge is 0.339 e. The zero-order valence-electron chi connectivity index (χ0n) is 14.1. The molecule has 0 spiro atoms. The number of nitrogens with one attached hydrogen (secondary N) is 1. The average molecular weight is 373 g/mol. The molecule has 2 heterocycles. The smallest absolute Gasteiger partial charge is 0.328 e. The highest BCUT2D eigenvalue weighted by molar-refractivity contribution is 6.31. The summed E-state index contributed by atoms with van der Waals surface area (Å²) < 4.78 is 6.82. The van der Waals surface area contributed by atoms with E-state index in [-0.39, 0.29) is 23.2 Å². The highest BCUT2D eigenvalue weighted by Gasteiger charge is 2.38. The van der Waals surface area contributed by atoms with Crippen LogP contribution in [0.1, 0.15) is 43.1 Å². The van der Waals surface area contributed by atoms with E-state index in [0.717, 1.165) is 23.4 Å². The van der Waals surface area contributed by atoms with Crippen LogP contribution in [0.25, 0.3) is 11.4 Å². The minimum absolute atomic E-state index is 0.0762. The third-order valence-electron chi connectivity index (χ3n) is 4.93. The average Bonchev–Trinajstić information content (AvgIpc) is 3.05. The predicted octanol–water partition coefficient (Wildman–Crippen LogP) is 2.92. The molecular formula is C18H17ClN4O3. The number of rotatable bonds is 4. The second-order valence-electron chi connectivity index (χ2n) is 6.36. The lowest BCUT2D eigenvalue weighted by Crippen LogP contribution is -2.30. The maximum absolute atomic E-state index is 12.1. The molecule has 2 aromatic heterocycles. The normalized spacial score (nSPS) is 19.3. The first kappa shape index (κ1) is 16.8. The van der Waals surface area contributed by atoms with Crippen LogP contribution in [-0.2, 0) is 6.54 Å². The van der Waals surface area contributed by atoms with E-state index in [0.29, 0.717) is 12.4 Å². The molecule has 1 aliphatic carbocycles. The summed E-state index contributed by atoms with van der Waals surface area (Å²) in [6, 6.07) is 7.75. The van der Waals surface area contributed by atoms with Crippen molar-refractivity contribution < 1.29 is 4.52 Å². The van der Waals surface area contributed by atoms with Gasteiger partial charge < -0.3 is 9.09 Å². The van der Waals surface area contributed by atoms with Crippen LogP contribution in [0.2, 0.25) is 5.02 Å². The van der Waals surface area contributed by atoms with E-state index < -0.39 is 11.2 Å². The van der Waals surface area contributed by atoms with Crippen LogP contribution in [0.4, 0.5) is 0 Å². The molecular weight excluding hydrogens is 356 g/mol. The quantitative estimate of drug-likeness (QED) is 0.759. The number of benzene rings is 1. The lowest BCUT2D eigenvalue weighted by Gasteiger charge is -2.34. The van der Waals surface area contributed by atoms with Crippen LogP contribution in [0.15, 0.2) is 44.6 Å². The molecule has 2 unspecified atom stereocenters. The van der Waals surface area contributed by atoms with E-state index in [1.54, 1.807) is 0 Å². The van der Waals surface area contributed by atoms with E-state index in [1.807, 2.05) is 31.2 Å². The Bertz CT molecular complexity index is 1070. The van der Waals surface area contributed by atoms with Crippen molar-refractivity contribution >= 4 is 11.6 Å². The Kier molecular flexibility index (Phi) is 4.24. The summed E-state index contributed by atoms with van der Waals surface area (Å²) in [6.07, 6.45) is 3.37. The first-order chi connectivity index (χ1) is 12.6. The molecule has 0 saturated heterocycles. The van der Waals surface area contributed by atoms with Crippen LogP contribution in [0.3, 0.4) is 0 Å². The second-order valence-corrected chi connectivity index (χ2v) is 6.76. The SMILES string of the molecule is CCn1cc(-c2noc(C3CCC3c3ccccc3Cl)n2)c(=O)[nH]c1=O. The molecule has 0 bridgehead atoms. The number of halogens is 1. The van der Waals surface area contributed by atoms with Crippen LogP contribution in [0, 0.1) is 0 Å². The van der Waals surface area contributed by atoms with Crippen molar-refractivity contribution in [3.8, 4) is 11.4 Å². The molecule has 0 radical (unpaired) electrons. The van der Waals surface area contributed by atoms with Gasteiger partial charge in [0.05, 0.1) is 0 Å². The predicted molar refractivity (Wildman–Crippen MR) is 96.5 cm³/mol. The molecule has 4 rings (SSSR count). The lowest BCUT2D eigenvalue weighted by molar-refractivity contribution is 0.258. The monoisotopic (exact) mass is 372 g/mol. The minimum atomic E-state index is -0.525. The van der Waals surface area contributed by atoms with E-state index >= 15 is 0 Å². The summed E-state index contributed by atoms with van der Waals surface area (Å²) in [5.41, 5.74) is 0.309. The number of hydrogen-bond donors (Lipinski definition) is 1. The van der Waals surface area contributed by atoms with Crippen molar-refractivity contribution in [1.82, 2.24) is 19.7 Å². The second kappa shape index (κ2) is 6.57. The highest BCUT2D eigenvalue weighted by Crippen LogP contribution is 2.50. The van der Waals surface area contributed by atoms with E-state index in [9.17, 15) is 9.59 Å². The van der Waals surface area contributed by atoms with Crippen LogP contribution >= 0.6 is 11.6 Å². The summed E-state index contributed by atoms with van der Waals surface area (Å²) in [6.45, 7) is 2.25. The van der Waals surface area contributed by atoms with Gasteiger partial charge in [0.2, 0.25) is 11.7 Å². The summed E-state index contributed by atoms with van der Waals surface area (Å²) in [7, 11) is 0. The number of H-pyrrole nitrogens is 1. The van der Waals surface area contributed by atoms with Gasteiger partial charge in [-0.2, -0.15) is 4.98 Å². The lowest BCUT2D eigenvalue weighted by atomic mass is 9.70. The standard InChI is InChI=1S/C18H17ClN4O3/c1-2-23-9-13(16(24)21-18(23)25)15-20-17(26-22-15)12-8-7-10(12)11-5-3-4-6-14(11)19/h3-6,9-10,12H,2,7-8H2,1H3,(H,21,24,25). The molecule has 1 aromatic carbocycles. The molecule has 134 valence electrons. The molecule has 2 atom stereocenters. The van der Waals surface area contributed by atoms with Crippen molar-refractivity contribution in [2.75, 3.05) is 0 Å². The van der Waals surface area contributed by atoms with Gasteiger partial charge >= 0.3 is 5.69 Å². The van der Waals surface area contributed by atoms with Crippen molar-refractivity contribution in [1.29, 1.82) is 0 Å². The van der Waals surface area contributed by atoms with Gasteiger partial charge in [-0.25, -0.2) is 4.79 Å². The molecule has 8 heteroatoms. The molecule has 7 nitrogen and oxygen atoms in total. The molecule has 0 amide bonds. The molecule has 26 heavy (non-hydrogen) atoms. The van der Waals surface area contributed by atoms with Gasteiger partial charge in [-0.05, 0) is 37.3 Å². The zero-order chi connectivity index (χ0) is 18.3. The molecule has 3 aromatic rings. The Morgan fingerprint density at radius 3 is 2.73 bits per heavy atom. The van der Waals surface area contributed by atoms with Crippen LogP contribution < -0.4 is 11.2 Å². The maximum atomic E-state index is 12.1. The first-order valence-electron chi connectivity index (χ1n) is 8.50. The third kappa shape index (κ3) is 2.78. The molecule has 1 fully saturated rings. The van der Waals surface area contributed by atoms with Crippen LogP contribution in [0.5, 0.6) is 0 Å². The summed E-state index contributed by atoms with van der Waals surface area (Å²) in [5, 5.41) is 4.68. The summed E-state index contributed by atoms with van der Waals surface area (Å²) in [5.74, 6) is 0.977. The van der Waals surface area contributed by atoms with Gasteiger partial charge in [0.25, 0.3) is 5.56 Å². The van der Waals surface area contributed by atoms with E-state index in [4.69, 9.17) is 16.1 Å². The van der Waals surface area contributed by atoms with Gasteiger partial charge in [0, 0.05) is 23.7 Å². The first-order valence-corrected chi connectivity index (χ1v) is 8.88. The topological polar surface area (TPSA) is 93.8 Å². The Labute approximate surface area is 153 Å². The van der Waals surface area contributed by atoms with Gasteiger partial charge in [0.15, 0.2) is 0 Å². The van der Waals surface area contributed by atoms with Crippen molar-refractivity contribution in [2.24, 2.45) is 0 Å². The fourth-order valence-electron chi connectivity index (χ4n) is 3.34. The summed E-state index contributed by atoms with van der Waals surface area (Å²) >= 11 is 6.31. The van der Waals surface area contributed by atoms with Crippen molar-refractivity contribution in [2.45, 2.75) is 38.1 Å². The Hall–Kier alpha value is -2.67. The third-order valence-corrected chi connectivity index (χ3v) is 5.27. The van der Waals surface area contributed by atoms with Crippen LogP contribution in [-0.4, -0.2) is 19.7 Å². The van der Waals surface area contributed by atoms with Crippen molar-refractivity contribution in [3.63, 3.8) is 0 Å². The fraction of sp³-hybridized carbons (Fsp3) is 0.333. The van der Waals surface area contributed by atoms with Gasteiger partial charge in [-0.15, -0.1) is 0 Å². The highest BCUT2D eigenvalue weighted by atomic mass is 35.5. The molecule has 1 saturated carbocycles. The summed E-state index contributed by atoms with van der Waals surface area (Å²) in [4.78, 5) is 30.5.